The second-order valence-corrected chi connectivity index (χ2v) is 5.80. The van der Waals surface area contributed by atoms with Gasteiger partial charge in [-0.15, -0.1) is 0 Å². The first-order valence-corrected chi connectivity index (χ1v) is 7.89. The minimum Gasteiger partial charge on any atom is -0.466 e. The van der Waals surface area contributed by atoms with Crippen LogP contribution in [0.4, 0.5) is 0 Å². The van der Waals surface area contributed by atoms with Crippen molar-refractivity contribution in [2.45, 2.75) is 13.0 Å². The number of ether oxygens (including phenoxy) is 1. The van der Waals surface area contributed by atoms with Crippen molar-refractivity contribution in [1.29, 1.82) is 0 Å². The number of rotatable bonds is 4. The highest BCUT2D eigenvalue weighted by molar-refractivity contribution is 5.94. The van der Waals surface area contributed by atoms with Crippen LogP contribution >= 0.6 is 0 Å². The fraction of sp³-hybridized carbons (Fsp3) is 0.250. The molecule has 2 aromatic rings. The van der Waals surface area contributed by atoms with Crippen molar-refractivity contribution in [2.24, 2.45) is 0 Å². The van der Waals surface area contributed by atoms with Crippen LogP contribution in [0.3, 0.4) is 0 Å². The fourth-order valence-corrected chi connectivity index (χ4v) is 2.98. The molecule has 0 fully saturated rings. The molecule has 0 amide bonds. The Bertz CT molecular complexity index is 707. The summed E-state index contributed by atoms with van der Waals surface area (Å²) in [5.41, 5.74) is 4.47. The molecule has 3 rings (SSSR count). The Kier molecular flexibility index (Phi) is 4.89. The van der Waals surface area contributed by atoms with Gasteiger partial charge in [0.25, 0.3) is 0 Å². The topological polar surface area (TPSA) is 29.5 Å². The maximum atomic E-state index is 12.1. The standard InChI is InChI=1S/C20H21NO2/c1-23-20(22)19(13-16-7-3-2-4-8-16)15-21-12-11-17-9-5-6-10-18(17)14-21/h2-10,13H,11-12,14-15H2,1H3/b19-13-. The van der Waals surface area contributed by atoms with E-state index in [1.807, 2.05) is 36.4 Å². The summed E-state index contributed by atoms with van der Waals surface area (Å²) in [7, 11) is 1.44. The van der Waals surface area contributed by atoms with E-state index in [2.05, 4.69) is 29.2 Å². The molecule has 1 aliphatic rings. The second-order valence-electron chi connectivity index (χ2n) is 5.80. The summed E-state index contributed by atoms with van der Waals surface area (Å²) in [6.07, 6.45) is 2.95. The van der Waals surface area contributed by atoms with Crippen molar-refractivity contribution in [3.63, 3.8) is 0 Å². The summed E-state index contributed by atoms with van der Waals surface area (Å²) in [5, 5.41) is 0. The molecular weight excluding hydrogens is 286 g/mol. The third-order valence-corrected chi connectivity index (χ3v) is 4.19. The van der Waals surface area contributed by atoms with Gasteiger partial charge >= 0.3 is 5.97 Å². The van der Waals surface area contributed by atoms with Crippen LogP contribution in [0.2, 0.25) is 0 Å². The summed E-state index contributed by atoms with van der Waals surface area (Å²) in [4.78, 5) is 14.4. The lowest BCUT2D eigenvalue weighted by molar-refractivity contribution is -0.136. The van der Waals surface area contributed by atoms with Crippen LogP contribution in [0.15, 0.2) is 60.2 Å². The summed E-state index contributed by atoms with van der Waals surface area (Å²) < 4.78 is 4.96. The molecule has 3 heteroatoms. The molecule has 0 radical (unpaired) electrons. The molecule has 0 saturated heterocycles. The van der Waals surface area contributed by atoms with Gasteiger partial charge in [0.1, 0.15) is 0 Å². The molecule has 23 heavy (non-hydrogen) atoms. The molecule has 0 saturated carbocycles. The number of nitrogens with zero attached hydrogens (tertiary/aromatic N) is 1. The molecule has 118 valence electrons. The van der Waals surface area contributed by atoms with E-state index in [0.29, 0.717) is 12.1 Å². The zero-order chi connectivity index (χ0) is 16.1. The van der Waals surface area contributed by atoms with Crippen molar-refractivity contribution in [3.05, 3.63) is 76.9 Å². The number of carbonyl (C=O) groups excluding carboxylic acids is 1. The Hall–Kier alpha value is -2.39. The lowest BCUT2D eigenvalue weighted by Crippen LogP contribution is -2.33. The van der Waals surface area contributed by atoms with Crippen molar-refractivity contribution in [2.75, 3.05) is 20.2 Å². The SMILES string of the molecule is COC(=O)/C(=C\c1ccccc1)CN1CCc2ccccc2C1. The molecular formula is C20H21NO2. The van der Waals surface area contributed by atoms with Crippen LogP contribution in [-0.2, 0) is 22.5 Å². The molecule has 0 spiro atoms. The average Bonchev–Trinajstić information content (AvgIpc) is 2.61. The molecule has 0 atom stereocenters. The zero-order valence-corrected chi connectivity index (χ0v) is 13.4. The maximum absolute atomic E-state index is 12.1. The number of hydrogen-bond acceptors (Lipinski definition) is 3. The number of fused-ring (bicyclic) bond motifs is 1. The Labute approximate surface area is 137 Å². The minimum absolute atomic E-state index is 0.257. The lowest BCUT2D eigenvalue weighted by atomic mass is 9.99. The largest absolute Gasteiger partial charge is 0.466 e. The van der Waals surface area contributed by atoms with Gasteiger partial charge in [0, 0.05) is 19.6 Å². The quantitative estimate of drug-likeness (QED) is 0.641. The molecule has 1 heterocycles. The Balaban J connectivity index is 1.78. The normalized spacial score (nSPS) is 15.1. The van der Waals surface area contributed by atoms with Crippen LogP contribution in [0.25, 0.3) is 6.08 Å². The Morgan fingerprint density at radius 2 is 1.78 bits per heavy atom. The van der Waals surface area contributed by atoms with E-state index in [4.69, 9.17) is 4.74 Å². The van der Waals surface area contributed by atoms with Crippen molar-refractivity contribution in [3.8, 4) is 0 Å². The van der Waals surface area contributed by atoms with Gasteiger partial charge in [-0.05, 0) is 29.2 Å². The molecule has 0 aliphatic carbocycles. The van der Waals surface area contributed by atoms with Crippen LogP contribution in [0.5, 0.6) is 0 Å². The summed E-state index contributed by atoms with van der Waals surface area (Å²) in [6.45, 7) is 2.44. The first-order chi connectivity index (χ1) is 11.3. The summed E-state index contributed by atoms with van der Waals surface area (Å²) in [6, 6.07) is 18.4. The van der Waals surface area contributed by atoms with Crippen LogP contribution in [0.1, 0.15) is 16.7 Å². The van der Waals surface area contributed by atoms with E-state index in [9.17, 15) is 4.79 Å². The monoisotopic (exact) mass is 307 g/mol. The molecule has 0 unspecified atom stereocenters. The van der Waals surface area contributed by atoms with E-state index in [1.165, 1.54) is 18.2 Å². The summed E-state index contributed by atoms with van der Waals surface area (Å²) >= 11 is 0. The number of carbonyl (C=O) groups is 1. The molecule has 2 aromatic carbocycles. The Morgan fingerprint density at radius 3 is 2.52 bits per heavy atom. The van der Waals surface area contributed by atoms with Gasteiger partial charge in [-0.3, -0.25) is 4.90 Å². The Morgan fingerprint density at radius 1 is 1.09 bits per heavy atom. The number of methoxy groups -OCH3 is 1. The first kappa shape index (κ1) is 15.5. The minimum atomic E-state index is -0.257. The number of benzene rings is 2. The highest BCUT2D eigenvalue weighted by Crippen LogP contribution is 2.20. The molecule has 3 nitrogen and oxygen atoms in total. The van der Waals surface area contributed by atoms with Gasteiger partial charge in [0.2, 0.25) is 0 Å². The van der Waals surface area contributed by atoms with E-state index >= 15 is 0 Å². The molecule has 0 bridgehead atoms. The van der Waals surface area contributed by atoms with Crippen molar-refractivity contribution in [1.82, 2.24) is 4.90 Å². The van der Waals surface area contributed by atoms with Gasteiger partial charge < -0.3 is 4.74 Å². The van der Waals surface area contributed by atoms with Crippen LogP contribution < -0.4 is 0 Å². The van der Waals surface area contributed by atoms with E-state index in [1.54, 1.807) is 0 Å². The van der Waals surface area contributed by atoms with Gasteiger partial charge in [-0.1, -0.05) is 54.6 Å². The molecule has 0 aromatic heterocycles. The summed E-state index contributed by atoms with van der Waals surface area (Å²) in [5.74, 6) is -0.257. The third kappa shape index (κ3) is 3.88. The predicted octanol–water partition coefficient (Wildman–Crippen LogP) is 3.30. The second kappa shape index (κ2) is 7.25. The van der Waals surface area contributed by atoms with Crippen molar-refractivity contribution >= 4 is 12.0 Å². The van der Waals surface area contributed by atoms with E-state index in [0.717, 1.165) is 25.1 Å². The van der Waals surface area contributed by atoms with E-state index in [-0.39, 0.29) is 5.97 Å². The lowest BCUT2D eigenvalue weighted by Gasteiger charge is -2.29. The number of esters is 1. The number of hydrogen-bond donors (Lipinski definition) is 0. The molecule has 0 N–H and O–H groups in total. The van der Waals surface area contributed by atoms with Gasteiger partial charge in [-0.2, -0.15) is 0 Å². The first-order valence-electron chi connectivity index (χ1n) is 7.89. The zero-order valence-electron chi connectivity index (χ0n) is 13.4. The smallest absolute Gasteiger partial charge is 0.335 e. The highest BCUT2D eigenvalue weighted by atomic mass is 16.5. The average molecular weight is 307 g/mol. The van der Waals surface area contributed by atoms with Gasteiger partial charge in [-0.25, -0.2) is 4.79 Å². The maximum Gasteiger partial charge on any atom is 0.335 e. The fourth-order valence-electron chi connectivity index (χ4n) is 2.98. The van der Waals surface area contributed by atoms with Crippen molar-refractivity contribution < 1.29 is 9.53 Å². The third-order valence-electron chi connectivity index (χ3n) is 4.19. The highest BCUT2D eigenvalue weighted by Gasteiger charge is 2.19. The van der Waals surface area contributed by atoms with Gasteiger partial charge in [0.05, 0.1) is 12.7 Å². The van der Waals surface area contributed by atoms with E-state index < -0.39 is 0 Å². The van der Waals surface area contributed by atoms with Gasteiger partial charge in [0.15, 0.2) is 0 Å². The predicted molar refractivity (Wildman–Crippen MR) is 91.9 cm³/mol. The van der Waals surface area contributed by atoms with Crippen LogP contribution in [0, 0.1) is 0 Å². The van der Waals surface area contributed by atoms with Crippen LogP contribution in [-0.4, -0.2) is 31.1 Å². The molecule has 1 aliphatic heterocycles.